The first-order chi connectivity index (χ1) is 10.0. The first-order valence-electron chi connectivity index (χ1n) is 7.23. The van der Waals surface area contributed by atoms with Crippen molar-refractivity contribution in [3.63, 3.8) is 0 Å². The number of carbonyl (C=O) groups excluding carboxylic acids is 1. The van der Waals surface area contributed by atoms with Gasteiger partial charge in [0, 0.05) is 18.4 Å². The molecule has 21 heavy (non-hydrogen) atoms. The van der Waals surface area contributed by atoms with Gasteiger partial charge in [0.2, 0.25) is 0 Å². The van der Waals surface area contributed by atoms with Crippen LogP contribution in [0.3, 0.4) is 0 Å². The highest BCUT2D eigenvalue weighted by Crippen LogP contribution is 2.28. The van der Waals surface area contributed by atoms with Gasteiger partial charge in [-0.15, -0.1) is 0 Å². The fraction of sp³-hybridized carbons (Fsp3) is 0.533. The molecule has 1 heterocycles. The number of nitrogens with zero attached hydrogens (tertiary/aromatic N) is 1. The van der Waals surface area contributed by atoms with Gasteiger partial charge in [-0.3, -0.25) is 4.98 Å². The van der Waals surface area contributed by atoms with Gasteiger partial charge in [0.15, 0.2) is 0 Å². The molecule has 0 bridgehead atoms. The van der Waals surface area contributed by atoms with Gasteiger partial charge in [0.05, 0.1) is 0 Å². The van der Waals surface area contributed by atoms with Crippen LogP contribution < -0.4 is 10.6 Å². The molecule has 0 aliphatic heterocycles. The number of amides is 2. The number of aromatic nitrogens is 1. The third-order valence-corrected chi connectivity index (χ3v) is 3.89. The molecule has 6 nitrogen and oxygen atoms in total. The van der Waals surface area contributed by atoms with E-state index in [1.54, 1.807) is 6.20 Å². The van der Waals surface area contributed by atoms with Crippen LogP contribution in [0.15, 0.2) is 18.3 Å². The van der Waals surface area contributed by atoms with Crippen molar-refractivity contribution in [2.75, 3.05) is 0 Å². The molecule has 1 aromatic heterocycles. The maximum atomic E-state index is 12.0. The summed E-state index contributed by atoms with van der Waals surface area (Å²) in [4.78, 5) is 27.6. The Morgan fingerprint density at radius 2 is 2.00 bits per heavy atom. The summed E-state index contributed by atoms with van der Waals surface area (Å²) in [6, 6.07) is 3.31. The lowest BCUT2D eigenvalue weighted by molar-refractivity contribution is -0.145. The van der Waals surface area contributed by atoms with E-state index >= 15 is 0 Å². The predicted octanol–water partition coefficient (Wildman–Crippen LogP) is 1.98. The van der Waals surface area contributed by atoms with Crippen molar-refractivity contribution in [3.05, 3.63) is 29.6 Å². The Labute approximate surface area is 124 Å². The second-order valence-electron chi connectivity index (χ2n) is 5.56. The average Bonchev–Trinajstić information content (AvgIpc) is 2.47. The molecule has 1 aliphatic rings. The van der Waals surface area contributed by atoms with Gasteiger partial charge in [-0.05, 0) is 31.4 Å². The molecule has 1 saturated carbocycles. The standard InChI is InChI=1S/C15H21N3O3/c1-11-5-6-12(9-16-11)10-17-14(21)18-15(13(19)20)7-3-2-4-8-15/h5-6,9H,2-4,7-8,10H2,1H3,(H,19,20)(H2,17,18,21). The van der Waals surface area contributed by atoms with Crippen LogP contribution in [-0.4, -0.2) is 27.6 Å². The SMILES string of the molecule is Cc1ccc(CNC(=O)NC2(C(=O)O)CCCCC2)cn1. The van der Waals surface area contributed by atoms with Crippen molar-refractivity contribution < 1.29 is 14.7 Å². The zero-order valence-corrected chi connectivity index (χ0v) is 12.2. The van der Waals surface area contributed by atoms with E-state index in [2.05, 4.69) is 15.6 Å². The Bertz CT molecular complexity index is 507. The second kappa shape index (κ2) is 6.56. The van der Waals surface area contributed by atoms with Crippen molar-refractivity contribution in [1.82, 2.24) is 15.6 Å². The van der Waals surface area contributed by atoms with E-state index in [9.17, 15) is 14.7 Å². The second-order valence-corrected chi connectivity index (χ2v) is 5.56. The van der Waals surface area contributed by atoms with Gasteiger partial charge < -0.3 is 15.7 Å². The van der Waals surface area contributed by atoms with Gasteiger partial charge in [-0.25, -0.2) is 9.59 Å². The largest absolute Gasteiger partial charge is 0.480 e. The van der Waals surface area contributed by atoms with Crippen LogP contribution in [0.4, 0.5) is 4.79 Å². The van der Waals surface area contributed by atoms with Crippen LogP contribution in [0.1, 0.15) is 43.4 Å². The first-order valence-corrected chi connectivity index (χ1v) is 7.23. The van der Waals surface area contributed by atoms with E-state index < -0.39 is 17.5 Å². The number of carbonyl (C=O) groups is 2. The lowest BCUT2D eigenvalue weighted by Crippen LogP contribution is -2.57. The number of nitrogens with one attached hydrogen (secondary N) is 2. The van der Waals surface area contributed by atoms with E-state index in [4.69, 9.17) is 0 Å². The highest BCUT2D eigenvalue weighted by Gasteiger charge is 2.40. The zero-order chi connectivity index (χ0) is 15.3. The quantitative estimate of drug-likeness (QED) is 0.791. The number of carboxylic acids is 1. The molecule has 1 aliphatic carbocycles. The third-order valence-electron chi connectivity index (χ3n) is 3.89. The summed E-state index contributed by atoms with van der Waals surface area (Å²) in [5.74, 6) is -0.950. The van der Waals surface area contributed by atoms with Crippen LogP contribution in [0.2, 0.25) is 0 Å². The minimum Gasteiger partial charge on any atom is -0.480 e. The average molecular weight is 291 g/mol. The summed E-state index contributed by atoms with van der Waals surface area (Å²) in [7, 11) is 0. The van der Waals surface area contributed by atoms with Gasteiger partial charge >= 0.3 is 12.0 Å². The number of aryl methyl sites for hydroxylation is 1. The van der Waals surface area contributed by atoms with Gasteiger partial charge in [0.1, 0.15) is 5.54 Å². The van der Waals surface area contributed by atoms with Gasteiger partial charge in [-0.1, -0.05) is 25.3 Å². The molecule has 1 fully saturated rings. The number of pyridine rings is 1. The van der Waals surface area contributed by atoms with Crippen LogP contribution >= 0.6 is 0 Å². The van der Waals surface area contributed by atoms with Crippen molar-refractivity contribution in [2.45, 2.75) is 51.1 Å². The molecule has 1 aromatic rings. The zero-order valence-electron chi connectivity index (χ0n) is 12.2. The normalized spacial score (nSPS) is 17.0. The molecular weight excluding hydrogens is 270 g/mol. The Kier molecular flexibility index (Phi) is 4.77. The lowest BCUT2D eigenvalue weighted by atomic mass is 9.82. The topological polar surface area (TPSA) is 91.3 Å². The Morgan fingerprint density at radius 3 is 2.57 bits per heavy atom. The fourth-order valence-electron chi connectivity index (χ4n) is 2.59. The maximum Gasteiger partial charge on any atom is 0.329 e. The van der Waals surface area contributed by atoms with E-state index in [0.29, 0.717) is 19.4 Å². The van der Waals surface area contributed by atoms with E-state index in [0.717, 1.165) is 30.5 Å². The summed E-state index contributed by atoms with van der Waals surface area (Å²) in [5.41, 5.74) is 0.674. The fourth-order valence-corrected chi connectivity index (χ4v) is 2.59. The van der Waals surface area contributed by atoms with Crippen LogP contribution in [0.5, 0.6) is 0 Å². The molecule has 0 aromatic carbocycles. The molecule has 0 atom stereocenters. The van der Waals surface area contributed by atoms with Crippen molar-refractivity contribution in [3.8, 4) is 0 Å². The number of carboxylic acid groups (broad SMARTS) is 1. The molecule has 0 saturated heterocycles. The van der Waals surface area contributed by atoms with Gasteiger partial charge in [0.25, 0.3) is 0 Å². The highest BCUT2D eigenvalue weighted by molar-refractivity contribution is 5.86. The molecule has 0 radical (unpaired) electrons. The maximum absolute atomic E-state index is 12.0. The molecule has 2 rings (SSSR count). The summed E-state index contributed by atoms with van der Waals surface area (Å²) >= 11 is 0. The summed E-state index contributed by atoms with van der Waals surface area (Å²) in [5, 5.41) is 14.7. The number of hydrogen-bond donors (Lipinski definition) is 3. The van der Waals surface area contributed by atoms with Crippen molar-refractivity contribution in [1.29, 1.82) is 0 Å². The van der Waals surface area contributed by atoms with Crippen LogP contribution in [-0.2, 0) is 11.3 Å². The molecule has 6 heteroatoms. The smallest absolute Gasteiger partial charge is 0.329 e. The van der Waals surface area contributed by atoms with Crippen LogP contribution in [0.25, 0.3) is 0 Å². The Balaban J connectivity index is 1.90. The number of hydrogen-bond acceptors (Lipinski definition) is 3. The monoisotopic (exact) mass is 291 g/mol. The number of aliphatic carboxylic acids is 1. The van der Waals surface area contributed by atoms with Crippen molar-refractivity contribution in [2.24, 2.45) is 0 Å². The Morgan fingerprint density at radius 1 is 1.29 bits per heavy atom. The van der Waals surface area contributed by atoms with Gasteiger partial charge in [-0.2, -0.15) is 0 Å². The van der Waals surface area contributed by atoms with E-state index in [1.807, 2.05) is 19.1 Å². The van der Waals surface area contributed by atoms with Crippen molar-refractivity contribution >= 4 is 12.0 Å². The Hall–Kier alpha value is -2.11. The van der Waals surface area contributed by atoms with Crippen LogP contribution in [0, 0.1) is 6.92 Å². The number of urea groups is 1. The lowest BCUT2D eigenvalue weighted by Gasteiger charge is -2.33. The predicted molar refractivity (Wildman–Crippen MR) is 77.8 cm³/mol. The molecule has 2 amide bonds. The summed E-state index contributed by atoms with van der Waals surface area (Å²) in [6.07, 6.45) is 5.35. The van der Waals surface area contributed by atoms with E-state index in [-0.39, 0.29) is 0 Å². The molecule has 0 unspecified atom stereocenters. The minimum atomic E-state index is -1.12. The molecular formula is C15H21N3O3. The molecule has 3 N–H and O–H groups in total. The van der Waals surface area contributed by atoms with E-state index in [1.165, 1.54) is 0 Å². The summed E-state index contributed by atoms with van der Waals surface area (Å²) in [6.45, 7) is 2.22. The third kappa shape index (κ3) is 3.93. The molecule has 114 valence electrons. The first kappa shape index (κ1) is 15.3. The highest BCUT2D eigenvalue weighted by atomic mass is 16.4. The molecule has 0 spiro atoms. The number of rotatable bonds is 4. The minimum absolute atomic E-state index is 0.328. The summed E-state index contributed by atoms with van der Waals surface area (Å²) < 4.78 is 0.